The molecule has 7 heteroatoms. The summed E-state index contributed by atoms with van der Waals surface area (Å²) in [7, 11) is 0. The van der Waals surface area contributed by atoms with Gasteiger partial charge in [-0.3, -0.25) is 0 Å². The number of carbonyl (C=O) groups is 1. The van der Waals surface area contributed by atoms with E-state index in [0.29, 0.717) is 41.6 Å². The highest BCUT2D eigenvalue weighted by molar-refractivity contribution is 5.91. The second-order valence-electron chi connectivity index (χ2n) is 9.37. The number of hydrogen-bond donors (Lipinski definition) is 1. The number of nitrogens with zero attached hydrogens (tertiary/aromatic N) is 1. The monoisotopic (exact) mass is 526 g/mol. The van der Waals surface area contributed by atoms with Crippen molar-refractivity contribution in [3.63, 3.8) is 0 Å². The average Bonchev–Trinajstić information content (AvgIpc) is 2.95. The van der Waals surface area contributed by atoms with Gasteiger partial charge in [-0.25, -0.2) is 4.79 Å². The van der Waals surface area contributed by atoms with Crippen LogP contribution in [0.25, 0.3) is 0 Å². The van der Waals surface area contributed by atoms with Gasteiger partial charge in [0.05, 0.1) is 24.7 Å². The molecule has 3 aromatic rings. The molecular formula is C32H34N2O5. The van der Waals surface area contributed by atoms with Crippen LogP contribution in [0.15, 0.2) is 78.2 Å². The van der Waals surface area contributed by atoms with Gasteiger partial charge in [-0.2, -0.15) is 5.26 Å². The lowest BCUT2D eigenvalue weighted by Crippen LogP contribution is -2.21. The second-order valence-corrected chi connectivity index (χ2v) is 9.37. The number of ether oxygens (including phenoxy) is 4. The van der Waals surface area contributed by atoms with Crippen molar-refractivity contribution in [3.8, 4) is 29.1 Å². The summed E-state index contributed by atoms with van der Waals surface area (Å²) in [6.07, 6.45) is 5.17. The Hall–Kier alpha value is -4.44. The third-order valence-electron chi connectivity index (χ3n) is 6.45. The Morgan fingerprint density at radius 3 is 2.36 bits per heavy atom. The molecule has 1 unspecified atom stereocenters. The van der Waals surface area contributed by atoms with Crippen molar-refractivity contribution in [2.75, 3.05) is 13.2 Å². The minimum absolute atomic E-state index is 0.0182. The van der Waals surface area contributed by atoms with Crippen molar-refractivity contribution in [1.82, 2.24) is 0 Å². The van der Waals surface area contributed by atoms with Crippen LogP contribution in [0.1, 0.15) is 73.4 Å². The van der Waals surface area contributed by atoms with Gasteiger partial charge < -0.3 is 24.7 Å². The minimum atomic E-state index is -0.516. The van der Waals surface area contributed by atoms with E-state index in [2.05, 4.69) is 19.9 Å². The molecule has 0 fully saturated rings. The fraction of sp³-hybridized carbons (Fsp3) is 0.312. The molecular weight excluding hydrogens is 492 g/mol. The Morgan fingerprint density at radius 1 is 0.897 bits per heavy atom. The summed E-state index contributed by atoms with van der Waals surface area (Å²) < 4.78 is 23.1. The minimum Gasteiger partial charge on any atom is -0.494 e. The first-order valence-corrected chi connectivity index (χ1v) is 13.4. The van der Waals surface area contributed by atoms with Gasteiger partial charge in [-0.05, 0) is 54.8 Å². The van der Waals surface area contributed by atoms with Gasteiger partial charge in [0, 0.05) is 11.6 Å². The number of unbranched alkanes of at least 4 members (excludes halogenated alkanes) is 3. The number of rotatable bonds is 12. The molecule has 202 valence electrons. The van der Waals surface area contributed by atoms with Gasteiger partial charge >= 0.3 is 5.97 Å². The number of nitriles is 1. The Bertz CT molecular complexity index is 1370. The first-order chi connectivity index (χ1) is 19.0. The van der Waals surface area contributed by atoms with E-state index in [1.807, 2.05) is 30.3 Å². The SMILES string of the molecule is CCCCCOc1cccc(C2C(C#N)=C(N)Oc3cc(OC(=O)c4cccc(OCCCC)c4)ccc32)c1. The molecule has 0 amide bonds. The van der Waals surface area contributed by atoms with Crippen molar-refractivity contribution in [1.29, 1.82) is 5.26 Å². The summed E-state index contributed by atoms with van der Waals surface area (Å²) in [5.41, 5.74) is 8.47. The molecule has 3 aromatic carbocycles. The Kier molecular flexibility index (Phi) is 9.47. The molecule has 7 nitrogen and oxygen atoms in total. The predicted octanol–water partition coefficient (Wildman–Crippen LogP) is 6.87. The zero-order valence-electron chi connectivity index (χ0n) is 22.4. The van der Waals surface area contributed by atoms with E-state index in [4.69, 9.17) is 24.7 Å². The fourth-order valence-electron chi connectivity index (χ4n) is 4.38. The Morgan fingerprint density at radius 2 is 1.62 bits per heavy atom. The zero-order valence-corrected chi connectivity index (χ0v) is 22.4. The summed E-state index contributed by atoms with van der Waals surface area (Å²) >= 11 is 0. The molecule has 1 atom stereocenters. The molecule has 1 aliphatic heterocycles. The normalized spacial score (nSPS) is 14.1. The number of allylic oxidation sites excluding steroid dienone is 1. The number of benzene rings is 3. The molecule has 0 radical (unpaired) electrons. The fourth-order valence-corrected chi connectivity index (χ4v) is 4.38. The molecule has 0 spiro atoms. The van der Waals surface area contributed by atoms with E-state index in [1.54, 1.807) is 36.4 Å². The van der Waals surface area contributed by atoms with Crippen molar-refractivity contribution >= 4 is 5.97 Å². The van der Waals surface area contributed by atoms with Crippen molar-refractivity contribution in [3.05, 3.63) is 94.9 Å². The third kappa shape index (κ3) is 6.91. The van der Waals surface area contributed by atoms with Crippen molar-refractivity contribution in [2.24, 2.45) is 5.73 Å². The van der Waals surface area contributed by atoms with Gasteiger partial charge in [0.25, 0.3) is 0 Å². The lowest BCUT2D eigenvalue weighted by atomic mass is 9.83. The van der Waals surface area contributed by atoms with Crippen molar-refractivity contribution < 1.29 is 23.7 Å². The Balaban J connectivity index is 1.55. The van der Waals surface area contributed by atoms with Gasteiger partial charge in [0.1, 0.15) is 34.6 Å². The number of esters is 1. The Labute approximate surface area is 229 Å². The molecule has 1 heterocycles. The summed E-state index contributed by atoms with van der Waals surface area (Å²) in [6, 6.07) is 21.9. The van der Waals surface area contributed by atoms with Crippen LogP contribution in [-0.4, -0.2) is 19.2 Å². The second kappa shape index (κ2) is 13.4. The van der Waals surface area contributed by atoms with E-state index < -0.39 is 11.9 Å². The highest BCUT2D eigenvalue weighted by atomic mass is 16.5. The topological polar surface area (TPSA) is 104 Å². The smallest absolute Gasteiger partial charge is 0.343 e. The lowest BCUT2D eigenvalue weighted by molar-refractivity contribution is 0.0734. The zero-order chi connectivity index (χ0) is 27.6. The molecule has 39 heavy (non-hydrogen) atoms. The van der Waals surface area contributed by atoms with Crippen LogP contribution in [-0.2, 0) is 0 Å². The quantitative estimate of drug-likeness (QED) is 0.156. The summed E-state index contributed by atoms with van der Waals surface area (Å²) in [5, 5.41) is 9.90. The van der Waals surface area contributed by atoms with Crippen LogP contribution in [0.2, 0.25) is 0 Å². The largest absolute Gasteiger partial charge is 0.494 e. The summed E-state index contributed by atoms with van der Waals surface area (Å²) in [5.74, 6) is 1.14. The molecule has 0 saturated carbocycles. The average molecular weight is 527 g/mol. The van der Waals surface area contributed by atoms with Gasteiger partial charge in [0.15, 0.2) is 0 Å². The van der Waals surface area contributed by atoms with Crippen LogP contribution in [0.4, 0.5) is 0 Å². The van der Waals surface area contributed by atoms with E-state index >= 15 is 0 Å². The summed E-state index contributed by atoms with van der Waals surface area (Å²) in [6.45, 7) is 5.46. The maximum absolute atomic E-state index is 12.9. The molecule has 0 bridgehead atoms. The van der Waals surface area contributed by atoms with Gasteiger partial charge in [-0.15, -0.1) is 0 Å². The molecule has 4 rings (SSSR count). The predicted molar refractivity (Wildman–Crippen MR) is 149 cm³/mol. The summed E-state index contributed by atoms with van der Waals surface area (Å²) in [4.78, 5) is 12.9. The molecule has 0 aromatic heterocycles. The van der Waals surface area contributed by atoms with Crippen LogP contribution in [0.5, 0.6) is 23.0 Å². The van der Waals surface area contributed by atoms with E-state index in [9.17, 15) is 10.1 Å². The first kappa shape index (κ1) is 27.6. The highest BCUT2D eigenvalue weighted by Crippen LogP contribution is 2.44. The van der Waals surface area contributed by atoms with E-state index in [0.717, 1.165) is 49.0 Å². The van der Waals surface area contributed by atoms with Crippen LogP contribution in [0.3, 0.4) is 0 Å². The van der Waals surface area contributed by atoms with Crippen molar-refractivity contribution in [2.45, 2.75) is 51.9 Å². The number of fused-ring (bicyclic) bond motifs is 1. The standard InChI is InChI=1S/C32H34N2O5/c1-3-5-7-17-37-24-12-8-10-22(18-24)30-27-15-14-26(20-29(27)39-31(34)28(30)21-33)38-32(35)23-11-9-13-25(19-23)36-16-6-4-2/h8-15,18-20,30H,3-7,16-17,34H2,1-2H3. The maximum Gasteiger partial charge on any atom is 0.343 e. The lowest BCUT2D eigenvalue weighted by Gasteiger charge is -2.27. The maximum atomic E-state index is 12.9. The molecule has 1 aliphatic rings. The number of carbonyl (C=O) groups excluding carboxylic acids is 1. The van der Waals surface area contributed by atoms with Gasteiger partial charge in [0.2, 0.25) is 5.88 Å². The van der Waals surface area contributed by atoms with Gasteiger partial charge in [-0.1, -0.05) is 57.4 Å². The van der Waals surface area contributed by atoms with E-state index in [1.165, 1.54) is 0 Å². The number of hydrogen-bond acceptors (Lipinski definition) is 7. The highest BCUT2D eigenvalue weighted by Gasteiger charge is 2.31. The number of nitrogens with two attached hydrogens (primary N) is 1. The molecule has 0 aliphatic carbocycles. The van der Waals surface area contributed by atoms with Crippen LogP contribution >= 0.6 is 0 Å². The third-order valence-corrected chi connectivity index (χ3v) is 6.45. The molecule has 0 saturated heterocycles. The molecule has 2 N–H and O–H groups in total. The van der Waals surface area contributed by atoms with Crippen LogP contribution < -0.4 is 24.7 Å². The first-order valence-electron chi connectivity index (χ1n) is 13.4. The van der Waals surface area contributed by atoms with Crippen LogP contribution in [0, 0.1) is 11.3 Å². The van der Waals surface area contributed by atoms with E-state index in [-0.39, 0.29) is 5.88 Å².